The zero-order chi connectivity index (χ0) is 15.7. The normalized spacial score (nSPS) is 20.2. The zero-order valence-electron chi connectivity index (χ0n) is 12.6. The van der Waals surface area contributed by atoms with E-state index in [1.807, 2.05) is 0 Å². The first-order valence-corrected chi connectivity index (χ1v) is 8.69. The predicted molar refractivity (Wildman–Crippen MR) is 80.7 cm³/mol. The molecule has 0 atom stereocenters. The monoisotopic (exact) mass is 314 g/mol. The van der Waals surface area contributed by atoms with Gasteiger partial charge in [0.1, 0.15) is 5.82 Å². The van der Waals surface area contributed by atoms with Gasteiger partial charge in [0.25, 0.3) is 0 Å². The number of rotatable bonds is 3. The van der Waals surface area contributed by atoms with Gasteiger partial charge in [0, 0.05) is 19.6 Å². The second-order valence-corrected chi connectivity index (χ2v) is 8.28. The molecular formula is C15H23FN2O2S. The van der Waals surface area contributed by atoms with E-state index in [1.54, 1.807) is 0 Å². The highest BCUT2D eigenvalue weighted by molar-refractivity contribution is 7.89. The fourth-order valence-corrected chi connectivity index (χ4v) is 4.44. The molecule has 6 heteroatoms. The Labute approximate surface area is 126 Å². The summed E-state index contributed by atoms with van der Waals surface area (Å²) in [6, 6.07) is 3.77. The molecule has 0 aliphatic carbocycles. The lowest BCUT2D eigenvalue weighted by atomic mass is 9.85. The van der Waals surface area contributed by atoms with Gasteiger partial charge in [-0.2, -0.15) is 4.31 Å². The van der Waals surface area contributed by atoms with Crippen molar-refractivity contribution in [3.05, 3.63) is 29.6 Å². The first-order valence-electron chi connectivity index (χ1n) is 7.25. The van der Waals surface area contributed by atoms with E-state index in [9.17, 15) is 12.8 Å². The minimum absolute atomic E-state index is 0.00436. The Morgan fingerprint density at radius 2 is 2.00 bits per heavy atom. The Bertz CT molecular complexity index is 614. The number of nitrogens with two attached hydrogens (primary N) is 1. The van der Waals surface area contributed by atoms with Gasteiger partial charge in [-0.1, -0.05) is 19.9 Å². The van der Waals surface area contributed by atoms with E-state index in [0.717, 1.165) is 25.3 Å². The molecule has 1 aromatic carbocycles. The number of hydrogen-bond acceptors (Lipinski definition) is 3. The summed E-state index contributed by atoms with van der Waals surface area (Å²) in [6.45, 7) is 5.32. The van der Waals surface area contributed by atoms with Crippen molar-refractivity contribution in [2.24, 2.45) is 11.1 Å². The molecule has 4 nitrogen and oxygen atoms in total. The second-order valence-electron chi connectivity index (χ2n) is 6.38. The minimum atomic E-state index is -3.69. The summed E-state index contributed by atoms with van der Waals surface area (Å²) in [4.78, 5) is 0.00436. The minimum Gasteiger partial charge on any atom is -0.326 e. The van der Waals surface area contributed by atoms with Crippen molar-refractivity contribution in [3.8, 4) is 0 Å². The Balaban J connectivity index is 2.36. The molecule has 0 amide bonds. The van der Waals surface area contributed by atoms with Crippen molar-refractivity contribution < 1.29 is 12.8 Å². The molecule has 1 aliphatic rings. The number of hydrogen-bond donors (Lipinski definition) is 1. The predicted octanol–water partition coefficient (Wildman–Crippen LogP) is 2.49. The summed E-state index contributed by atoms with van der Waals surface area (Å²) < 4.78 is 40.5. The van der Waals surface area contributed by atoms with E-state index >= 15 is 0 Å². The molecule has 0 spiro atoms. The van der Waals surface area contributed by atoms with Gasteiger partial charge in [0.15, 0.2) is 0 Å². The lowest BCUT2D eigenvalue weighted by Gasteiger charge is -2.23. The fraction of sp³-hybridized carbons (Fsp3) is 0.600. The molecular weight excluding hydrogens is 291 g/mol. The van der Waals surface area contributed by atoms with Gasteiger partial charge in [0.2, 0.25) is 10.0 Å². The fourth-order valence-electron chi connectivity index (χ4n) is 2.71. The number of benzene rings is 1. The molecule has 1 aromatic rings. The van der Waals surface area contributed by atoms with E-state index in [0.29, 0.717) is 18.7 Å². The van der Waals surface area contributed by atoms with Gasteiger partial charge >= 0.3 is 0 Å². The quantitative estimate of drug-likeness (QED) is 0.932. The van der Waals surface area contributed by atoms with Gasteiger partial charge in [-0.25, -0.2) is 12.8 Å². The van der Waals surface area contributed by atoms with Crippen molar-refractivity contribution in [2.75, 3.05) is 13.1 Å². The van der Waals surface area contributed by atoms with Crippen LogP contribution in [0.2, 0.25) is 0 Å². The largest absolute Gasteiger partial charge is 0.326 e. The van der Waals surface area contributed by atoms with E-state index in [-0.39, 0.29) is 16.9 Å². The highest BCUT2D eigenvalue weighted by Crippen LogP contribution is 2.32. The summed E-state index contributed by atoms with van der Waals surface area (Å²) in [6.07, 6.45) is 2.62. The topological polar surface area (TPSA) is 63.4 Å². The molecule has 21 heavy (non-hydrogen) atoms. The van der Waals surface area contributed by atoms with Crippen LogP contribution in [0.1, 0.15) is 38.7 Å². The molecule has 1 fully saturated rings. The van der Waals surface area contributed by atoms with Crippen LogP contribution in [0, 0.1) is 11.2 Å². The molecule has 1 heterocycles. The van der Waals surface area contributed by atoms with Crippen molar-refractivity contribution in [2.45, 2.75) is 44.6 Å². The van der Waals surface area contributed by atoms with E-state index in [1.165, 1.54) is 16.4 Å². The van der Waals surface area contributed by atoms with Crippen molar-refractivity contribution in [3.63, 3.8) is 0 Å². The Kier molecular flexibility index (Phi) is 4.70. The van der Waals surface area contributed by atoms with Crippen LogP contribution in [0.5, 0.6) is 0 Å². The lowest BCUT2D eigenvalue weighted by Crippen LogP contribution is -2.33. The highest BCUT2D eigenvalue weighted by Gasteiger charge is 2.31. The van der Waals surface area contributed by atoms with Crippen molar-refractivity contribution in [1.29, 1.82) is 0 Å². The highest BCUT2D eigenvalue weighted by atomic mass is 32.2. The van der Waals surface area contributed by atoms with E-state index in [2.05, 4.69) is 13.8 Å². The average molecular weight is 314 g/mol. The third kappa shape index (κ3) is 3.62. The molecule has 118 valence electrons. The lowest BCUT2D eigenvalue weighted by molar-refractivity contribution is 0.314. The van der Waals surface area contributed by atoms with E-state index < -0.39 is 15.8 Å². The summed E-state index contributed by atoms with van der Waals surface area (Å²) in [5.74, 6) is -0.555. The maximum Gasteiger partial charge on any atom is 0.243 e. The summed E-state index contributed by atoms with van der Waals surface area (Å²) >= 11 is 0. The third-order valence-electron chi connectivity index (χ3n) is 4.17. The smallest absolute Gasteiger partial charge is 0.243 e. The van der Waals surface area contributed by atoms with Crippen molar-refractivity contribution >= 4 is 10.0 Å². The van der Waals surface area contributed by atoms with Gasteiger partial charge in [-0.15, -0.1) is 0 Å². The Hall–Kier alpha value is -0.980. The van der Waals surface area contributed by atoms with Crippen LogP contribution in [0.15, 0.2) is 23.1 Å². The van der Waals surface area contributed by atoms with Crippen LogP contribution in [0.3, 0.4) is 0 Å². The third-order valence-corrected chi connectivity index (χ3v) is 6.15. The summed E-state index contributed by atoms with van der Waals surface area (Å²) in [5, 5.41) is 0. The van der Waals surface area contributed by atoms with Crippen LogP contribution in [-0.4, -0.2) is 25.8 Å². The first-order chi connectivity index (χ1) is 9.76. The number of nitrogens with zero attached hydrogens (tertiary/aromatic N) is 1. The summed E-state index contributed by atoms with van der Waals surface area (Å²) in [7, 11) is -3.69. The Morgan fingerprint density at radius 3 is 2.67 bits per heavy atom. The maximum atomic E-state index is 13.5. The first kappa shape index (κ1) is 16.4. The molecule has 0 aromatic heterocycles. The molecule has 0 bridgehead atoms. The van der Waals surface area contributed by atoms with Crippen LogP contribution in [0.25, 0.3) is 0 Å². The number of sulfonamides is 1. The van der Waals surface area contributed by atoms with Gasteiger partial charge in [-0.3, -0.25) is 0 Å². The van der Waals surface area contributed by atoms with Crippen LogP contribution in [-0.2, 0) is 16.6 Å². The Morgan fingerprint density at radius 1 is 1.29 bits per heavy atom. The summed E-state index contributed by atoms with van der Waals surface area (Å²) in [5.41, 5.74) is 6.20. The van der Waals surface area contributed by atoms with E-state index in [4.69, 9.17) is 5.73 Å². The second kappa shape index (κ2) is 6.02. The van der Waals surface area contributed by atoms with Crippen LogP contribution < -0.4 is 5.73 Å². The average Bonchev–Trinajstić information content (AvgIpc) is 2.60. The van der Waals surface area contributed by atoms with Crippen LogP contribution >= 0.6 is 0 Å². The van der Waals surface area contributed by atoms with Gasteiger partial charge in [-0.05, 0) is 42.4 Å². The number of halogens is 1. The van der Waals surface area contributed by atoms with Crippen molar-refractivity contribution in [1.82, 2.24) is 4.31 Å². The molecule has 0 saturated carbocycles. The molecule has 2 N–H and O–H groups in total. The zero-order valence-corrected chi connectivity index (χ0v) is 13.4. The molecule has 1 saturated heterocycles. The van der Waals surface area contributed by atoms with Gasteiger partial charge in [0.05, 0.1) is 4.90 Å². The SMILES string of the molecule is CC1(C)CCCN(S(=O)(=O)c2cc(F)ccc2CN)CC1. The molecule has 1 aliphatic heterocycles. The standard InChI is InChI=1S/C15H23FN2O2S/c1-15(2)6-3-8-18(9-7-15)21(19,20)14-10-13(16)5-4-12(14)11-17/h4-5,10H,3,6-9,11,17H2,1-2H3. The van der Waals surface area contributed by atoms with Gasteiger partial charge < -0.3 is 5.73 Å². The van der Waals surface area contributed by atoms with Crippen LogP contribution in [0.4, 0.5) is 4.39 Å². The maximum absolute atomic E-state index is 13.5. The molecule has 2 rings (SSSR count). The molecule has 0 unspecified atom stereocenters. The molecule has 0 radical (unpaired) electrons.